The molecule has 0 aromatic heterocycles. The molecule has 0 fully saturated rings. The van der Waals surface area contributed by atoms with Crippen molar-refractivity contribution in [3.8, 4) is 0 Å². The van der Waals surface area contributed by atoms with Gasteiger partial charge in [0.05, 0.1) is 0 Å². The third kappa shape index (κ3) is 26.1. The molecule has 0 saturated heterocycles. The Bertz CT molecular complexity index is 213. The maximum absolute atomic E-state index is 10.3. The molecule has 4 heteroatoms. The molecule has 0 spiro atoms. The van der Waals surface area contributed by atoms with Crippen LogP contribution in [-0.2, 0) is 32.1 Å². The molecule has 0 atom stereocenters. The quantitative estimate of drug-likeness (QED) is 0.266. The number of aliphatic carboxylic acids is 1. The average Bonchev–Trinajstić information content (AvgIpc) is 2.43. The van der Waals surface area contributed by atoms with Crippen LogP contribution in [0.15, 0.2) is 0 Å². The van der Waals surface area contributed by atoms with E-state index in [0.717, 1.165) is 12.8 Å². The molecule has 22 heavy (non-hydrogen) atoms. The number of unbranched alkanes of at least 4 members (excludes halogenated alkanes) is 14. The van der Waals surface area contributed by atoms with Crippen LogP contribution in [-0.4, -0.2) is 34.1 Å². The largest absolute Gasteiger partial charge is 0.481 e. The van der Waals surface area contributed by atoms with Crippen LogP contribution in [0.25, 0.3) is 0 Å². The van der Waals surface area contributed by atoms with Crippen molar-refractivity contribution in [2.75, 3.05) is 0 Å². The third-order valence-electron chi connectivity index (χ3n) is 3.99. The first-order valence-electron chi connectivity index (χ1n) is 8.99. The van der Waals surface area contributed by atoms with Crippen molar-refractivity contribution in [1.82, 2.24) is 0 Å². The Labute approximate surface area is 174 Å². The Morgan fingerprint density at radius 2 is 0.909 bits per heavy atom. The van der Waals surface area contributed by atoms with Gasteiger partial charge >= 0.3 is 29.0 Å². The molecule has 0 bridgehead atoms. The molecule has 0 aliphatic carbocycles. The van der Waals surface area contributed by atoms with Crippen LogP contribution >= 0.6 is 0 Å². The number of rotatable bonds is 16. The van der Waals surface area contributed by atoms with E-state index in [2.05, 4.69) is 6.92 Å². The Kier molecular flexibility index (Phi) is 31.0. The van der Waals surface area contributed by atoms with Gasteiger partial charge in [-0.25, -0.2) is 0 Å². The fourth-order valence-corrected chi connectivity index (χ4v) is 2.65. The van der Waals surface area contributed by atoms with Crippen LogP contribution in [0.1, 0.15) is 110 Å². The fourth-order valence-electron chi connectivity index (χ4n) is 2.65. The summed E-state index contributed by atoms with van der Waals surface area (Å²) in [6.07, 6.45) is 20.2. The summed E-state index contributed by atoms with van der Waals surface area (Å²) < 4.78 is 0. The van der Waals surface area contributed by atoms with Gasteiger partial charge in [-0.2, -0.15) is 0 Å². The molecule has 0 amide bonds. The van der Waals surface area contributed by atoms with E-state index in [1.54, 1.807) is 0 Å². The first-order valence-corrected chi connectivity index (χ1v) is 8.99. The molecule has 0 aliphatic rings. The van der Waals surface area contributed by atoms with Crippen molar-refractivity contribution in [2.45, 2.75) is 110 Å². The van der Waals surface area contributed by atoms with Gasteiger partial charge in [-0.1, -0.05) is 96.8 Å². The number of hydrogen-bond donors (Lipinski definition) is 1. The maximum atomic E-state index is 10.3. The predicted octanol–water partition coefficient (Wildman–Crippen LogP) is 5.41. The van der Waals surface area contributed by atoms with Crippen LogP contribution in [0.3, 0.4) is 0 Å². The monoisotopic (exact) mass is 424 g/mol. The molecule has 0 aliphatic heterocycles. The molecular formula is C18H38CdMgO2. The molecule has 0 radical (unpaired) electrons. The van der Waals surface area contributed by atoms with Crippen molar-refractivity contribution in [1.29, 1.82) is 0 Å². The molecule has 0 aromatic carbocycles. The summed E-state index contributed by atoms with van der Waals surface area (Å²) in [7, 11) is 0. The molecule has 126 valence electrons. The van der Waals surface area contributed by atoms with E-state index in [9.17, 15) is 4.79 Å². The number of carbonyl (C=O) groups is 1. The van der Waals surface area contributed by atoms with Gasteiger partial charge in [0.25, 0.3) is 0 Å². The van der Waals surface area contributed by atoms with E-state index in [4.69, 9.17) is 5.11 Å². The molecule has 2 nitrogen and oxygen atoms in total. The van der Waals surface area contributed by atoms with Gasteiger partial charge in [0, 0.05) is 33.7 Å². The maximum Gasteiger partial charge on any atom is 0.316 e. The Balaban J connectivity index is -0.00000180. The van der Waals surface area contributed by atoms with Gasteiger partial charge in [-0.15, -0.1) is 0 Å². The topological polar surface area (TPSA) is 37.3 Å². The SMILES string of the molecule is CCCCCCCCCCCCCCCCCC(=O)O.[Cd].[MgH2]. The standard InChI is InChI=1S/C18H36O2.Cd.Mg.2H/c1-2-3-4-5-6-7-8-9-10-11-12-13-14-15-16-17-18(19)20;;;;/h2-17H2,1H3,(H,19,20);;;;. The van der Waals surface area contributed by atoms with Crippen LogP contribution < -0.4 is 0 Å². The Morgan fingerprint density at radius 3 is 1.18 bits per heavy atom. The van der Waals surface area contributed by atoms with Gasteiger partial charge in [-0.05, 0) is 6.42 Å². The minimum Gasteiger partial charge on any atom is -0.481 e. The Morgan fingerprint density at radius 1 is 0.636 bits per heavy atom. The molecule has 0 heterocycles. The van der Waals surface area contributed by atoms with E-state index in [0.29, 0.717) is 6.42 Å². The zero-order valence-electron chi connectivity index (χ0n) is 14.4. The van der Waals surface area contributed by atoms with Crippen molar-refractivity contribution in [3.05, 3.63) is 0 Å². The molecule has 1 N–H and O–H groups in total. The summed E-state index contributed by atoms with van der Waals surface area (Å²) in [5.41, 5.74) is 0. The molecular weight excluding hydrogens is 385 g/mol. The second-order valence-corrected chi connectivity index (χ2v) is 6.09. The summed E-state index contributed by atoms with van der Waals surface area (Å²) >= 11 is 0. The Hall–Kier alpha value is 1.16. The smallest absolute Gasteiger partial charge is 0.316 e. The summed E-state index contributed by atoms with van der Waals surface area (Å²) in [6.45, 7) is 2.27. The summed E-state index contributed by atoms with van der Waals surface area (Å²) in [5, 5.41) is 8.52. The molecule has 0 saturated carbocycles. The van der Waals surface area contributed by atoms with Crippen molar-refractivity contribution in [3.63, 3.8) is 0 Å². The van der Waals surface area contributed by atoms with Gasteiger partial charge in [0.15, 0.2) is 0 Å². The average molecular weight is 423 g/mol. The van der Waals surface area contributed by atoms with Gasteiger partial charge < -0.3 is 5.11 Å². The van der Waals surface area contributed by atoms with Gasteiger partial charge in [0.1, 0.15) is 0 Å². The van der Waals surface area contributed by atoms with Gasteiger partial charge in [-0.3, -0.25) is 4.79 Å². The van der Waals surface area contributed by atoms with Crippen molar-refractivity contribution in [2.24, 2.45) is 0 Å². The second kappa shape index (κ2) is 24.4. The van der Waals surface area contributed by atoms with Crippen molar-refractivity contribution < 1.29 is 37.2 Å². The minimum atomic E-state index is -0.653. The van der Waals surface area contributed by atoms with E-state index in [1.165, 1.54) is 83.5 Å². The van der Waals surface area contributed by atoms with E-state index in [-0.39, 0.29) is 50.4 Å². The van der Waals surface area contributed by atoms with Crippen LogP contribution in [0.2, 0.25) is 0 Å². The number of hydrogen-bond acceptors (Lipinski definition) is 1. The predicted molar refractivity (Wildman–Crippen MR) is 95.7 cm³/mol. The number of carboxylic acid groups (broad SMARTS) is 1. The first kappa shape index (κ1) is 28.0. The van der Waals surface area contributed by atoms with Crippen LogP contribution in [0, 0.1) is 0 Å². The zero-order chi connectivity index (χ0) is 14.9. The second-order valence-electron chi connectivity index (χ2n) is 6.09. The third-order valence-corrected chi connectivity index (χ3v) is 3.99. The summed E-state index contributed by atoms with van der Waals surface area (Å²) in [4.78, 5) is 10.3. The summed E-state index contributed by atoms with van der Waals surface area (Å²) in [6, 6.07) is 0. The van der Waals surface area contributed by atoms with Crippen LogP contribution in [0.5, 0.6) is 0 Å². The van der Waals surface area contributed by atoms with Crippen molar-refractivity contribution >= 4 is 29.0 Å². The fraction of sp³-hybridized carbons (Fsp3) is 0.944. The molecule has 0 unspecified atom stereocenters. The molecule has 0 rings (SSSR count). The first-order chi connectivity index (χ1) is 9.77. The normalized spacial score (nSPS) is 9.86. The van der Waals surface area contributed by atoms with Crippen LogP contribution in [0.4, 0.5) is 0 Å². The van der Waals surface area contributed by atoms with Gasteiger partial charge in [0.2, 0.25) is 0 Å². The summed E-state index contributed by atoms with van der Waals surface area (Å²) in [5.74, 6) is -0.653. The minimum absolute atomic E-state index is 0. The number of carboxylic acids is 1. The zero-order valence-corrected chi connectivity index (χ0v) is 18.4. The molecule has 0 aromatic rings. The van der Waals surface area contributed by atoms with E-state index < -0.39 is 5.97 Å². The van der Waals surface area contributed by atoms with E-state index >= 15 is 0 Å². The van der Waals surface area contributed by atoms with E-state index in [1.807, 2.05) is 0 Å².